The Hall–Kier alpha value is -1.92. The molecule has 94 valence electrons. The van der Waals surface area contributed by atoms with Crippen LogP contribution in [-0.2, 0) is 16.1 Å². The second kappa shape index (κ2) is 6.62. The Balaban J connectivity index is 2.29. The third kappa shape index (κ3) is 4.62. The van der Waals surface area contributed by atoms with E-state index in [0.29, 0.717) is 19.5 Å². The van der Waals surface area contributed by atoms with E-state index in [1.807, 2.05) is 6.92 Å². The third-order valence-corrected chi connectivity index (χ3v) is 2.21. The number of hydrogen-bond donors (Lipinski definition) is 2. The standard InChI is InChI=1S/C10H17N5O2/c1-3-9(13-8(2)16)10(17)11-4-6-15-7-5-12-14-15/h5,7,9H,3-4,6H2,1-2H3,(H,11,17)(H,13,16)/t9-/m1/s1. The number of amides is 2. The molecule has 1 aromatic rings. The number of carbonyl (C=O) groups is 2. The summed E-state index contributed by atoms with van der Waals surface area (Å²) >= 11 is 0. The van der Waals surface area contributed by atoms with Crippen molar-refractivity contribution in [1.82, 2.24) is 25.6 Å². The highest BCUT2D eigenvalue weighted by Gasteiger charge is 2.16. The van der Waals surface area contributed by atoms with E-state index in [9.17, 15) is 9.59 Å². The molecule has 2 N–H and O–H groups in total. The van der Waals surface area contributed by atoms with Gasteiger partial charge in [-0.15, -0.1) is 5.10 Å². The van der Waals surface area contributed by atoms with Crippen molar-refractivity contribution in [1.29, 1.82) is 0 Å². The maximum atomic E-state index is 11.7. The van der Waals surface area contributed by atoms with E-state index in [1.165, 1.54) is 6.92 Å². The zero-order chi connectivity index (χ0) is 12.7. The van der Waals surface area contributed by atoms with Gasteiger partial charge in [0.1, 0.15) is 6.04 Å². The Bertz CT molecular complexity index is 363. The van der Waals surface area contributed by atoms with Gasteiger partial charge in [0.25, 0.3) is 0 Å². The lowest BCUT2D eigenvalue weighted by molar-refractivity contribution is -0.128. The van der Waals surface area contributed by atoms with Crippen molar-refractivity contribution in [2.75, 3.05) is 6.54 Å². The van der Waals surface area contributed by atoms with Gasteiger partial charge in [-0.25, -0.2) is 0 Å². The lowest BCUT2D eigenvalue weighted by Gasteiger charge is -2.15. The molecule has 0 aromatic carbocycles. The zero-order valence-electron chi connectivity index (χ0n) is 10.0. The van der Waals surface area contributed by atoms with Gasteiger partial charge in [0, 0.05) is 19.7 Å². The Labute approximate surface area is 99.6 Å². The summed E-state index contributed by atoms with van der Waals surface area (Å²) in [6.07, 6.45) is 3.86. The van der Waals surface area contributed by atoms with E-state index in [0.717, 1.165) is 0 Å². The van der Waals surface area contributed by atoms with Gasteiger partial charge in [-0.3, -0.25) is 14.3 Å². The first-order valence-corrected chi connectivity index (χ1v) is 5.52. The molecule has 0 bridgehead atoms. The van der Waals surface area contributed by atoms with Crippen LogP contribution in [0.2, 0.25) is 0 Å². The Morgan fingerprint density at radius 3 is 2.76 bits per heavy atom. The number of hydrogen-bond acceptors (Lipinski definition) is 4. The van der Waals surface area contributed by atoms with Crippen LogP contribution in [0.4, 0.5) is 0 Å². The van der Waals surface area contributed by atoms with Gasteiger partial charge in [0.2, 0.25) is 11.8 Å². The van der Waals surface area contributed by atoms with Crippen LogP contribution in [-0.4, -0.2) is 39.4 Å². The molecule has 0 spiro atoms. The number of rotatable bonds is 6. The van der Waals surface area contributed by atoms with Crippen LogP contribution in [0.5, 0.6) is 0 Å². The molecule has 0 saturated heterocycles. The van der Waals surface area contributed by atoms with Gasteiger partial charge in [0.05, 0.1) is 12.7 Å². The maximum Gasteiger partial charge on any atom is 0.242 e. The Morgan fingerprint density at radius 2 is 2.24 bits per heavy atom. The second-order valence-corrected chi connectivity index (χ2v) is 3.62. The van der Waals surface area contributed by atoms with Crippen LogP contribution in [0.15, 0.2) is 12.4 Å². The van der Waals surface area contributed by atoms with E-state index >= 15 is 0 Å². The van der Waals surface area contributed by atoms with E-state index < -0.39 is 6.04 Å². The van der Waals surface area contributed by atoms with Crippen molar-refractivity contribution in [3.05, 3.63) is 12.4 Å². The summed E-state index contributed by atoms with van der Waals surface area (Å²) in [6.45, 7) is 4.25. The highest BCUT2D eigenvalue weighted by Crippen LogP contribution is 1.91. The number of nitrogens with zero attached hydrogens (tertiary/aromatic N) is 3. The van der Waals surface area contributed by atoms with E-state index in [-0.39, 0.29) is 11.8 Å². The smallest absolute Gasteiger partial charge is 0.242 e. The summed E-state index contributed by atoms with van der Waals surface area (Å²) in [7, 11) is 0. The average Bonchev–Trinajstić information content (AvgIpc) is 2.78. The molecule has 0 aliphatic heterocycles. The molecule has 7 nitrogen and oxygen atoms in total. The largest absolute Gasteiger partial charge is 0.352 e. The van der Waals surface area contributed by atoms with Crippen LogP contribution in [0.1, 0.15) is 20.3 Å². The van der Waals surface area contributed by atoms with E-state index in [4.69, 9.17) is 0 Å². The number of aromatic nitrogens is 3. The van der Waals surface area contributed by atoms with E-state index in [2.05, 4.69) is 20.9 Å². The van der Waals surface area contributed by atoms with Crippen LogP contribution in [0.25, 0.3) is 0 Å². The lowest BCUT2D eigenvalue weighted by atomic mass is 10.2. The molecule has 1 aromatic heterocycles. The molecule has 1 atom stereocenters. The molecular formula is C10H17N5O2. The molecule has 0 radical (unpaired) electrons. The Morgan fingerprint density at radius 1 is 1.47 bits per heavy atom. The van der Waals surface area contributed by atoms with Gasteiger partial charge >= 0.3 is 0 Å². The minimum atomic E-state index is -0.469. The summed E-state index contributed by atoms with van der Waals surface area (Å²) in [5, 5.41) is 12.7. The fourth-order valence-corrected chi connectivity index (χ4v) is 1.37. The summed E-state index contributed by atoms with van der Waals surface area (Å²) in [5.74, 6) is -0.383. The fraction of sp³-hybridized carbons (Fsp3) is 0.600. The summed E-state index contributed by atoms with van der Waals surface area (Å²) in [4.78, 5) is 22.5. The predicted molar refractivity (Wildman–Crippen MR) is 60.9 cm³/mol. The van der Waals surface area contributed by atoms with E-state index in [1.54, 1.807) is 17.1 Å². The molecule has 0 saturated carbocycles. The second-order valence-electron chi connectivity index (χ2n) is 3.62. The monoisotopic (exact) mass is 239 g/mol. The van der Waals surface area contributed by atoms with Gasteiger partial charge in [0.15, 0.2) is 0 Å². The maximum absolute atomic E-state index is 11.7. The minimum absolute atomic E-state index is 0.178. The van der Waals surface area contributed by atoms with Crippen molar-refractivity contribution in [3.63, 3.8) is 0 Å². The van der Waals surface area contributed by atoms with Crippen LogP contribution in [0.3, 0.4) is 0 Å². The highest BCUT2D eigenvalue weighted by molar-refractivity contribution is 5.86. The average molecular weight is 239 g/mol. The summed E-state index contributed by atoms with van der Waals surface area (Å²) < 4.78 is 1.62. The van der Waals surface area contributed by atoms with Gasteiger partial charge in [-0.1, -0.05) is 12.1 Å². The lowest BCUT2D eigenvalue weighted by Crippen LogP contribution is -2.46. The Kier molecular flexibility index (Phi) is 5.12. The summed E-state index contributed by atoms with van der Waals surface area (Å²) in [6, 6.07) is -0.469. The molecule has 2 amide bonds. The van der Waals surface area contributed by atoms with Crippen LogP contribution < -0.4 is 10.6 Å². The molecule has 1 rings (SSSR count). The van der Waals surface area contributed by atoms with Gasteiger partial charge in [-0.05, 0) is 6.42 Å². The third-order valence-electron chi connectivity index (χ3n) is 2.21. The highest BCUT2D eigenvalue weighted by atomic mass is 16.2. The van der Waals surface area contributed by atoms with Crippen LogP contribution >= 0.6 is 0 Å². The number of nitrogens with one attached hydrogen (secondary N) is 2. The number of carbonyl (C=O) groups excluding carboxylic acids is 2. The predicted octanol–water partition coefficient (Wildman–Crippen LogP) is -0.691. The van der Waals surface area contributed by atoms with Crippen molar-refractivity contribution < 1.29 is 9.59 Å². The SMILES string of the molecule is CC[C@@H](NC(C)=O)C(=O)NCCn1ccnn1. The summed E-state index contributed by atoms with van der Waals surface area (Å²) in [5.41, 5.74) is 0. The van der Waals surface area contributed by atoms with Crippen molar-refractivity contribution >= 4 is 11.8 Å². The quantitative estimate of drug-likeness (QED) is 0.687. The minimum Gasteiger partial charge on any atom is -0.352 e. The molecule has 0 aliphatic carbocycles. The van der Waals surface area contributed by atoms with Crippen LogP contribution in [0, 0.1) is 0 Å². The molecule has 0 unspecified atom stereocenters. The molecule has 7 heteroatoms. The fourth-order valence-electron chi connectivity index (χ4n) is 1.37. The zero-order valence-corrected chi connectivity index (χ0v) is 10.0. The first-order valence-electron chi connectivity index (χ1n) is 5.52. The first kappa shape index (κ1) is 13.1. The first-order chi connectivity index (χ1) is 8.13. The molecule has 1 heterocycles. The normalized spacial score (nSPS) is 11.9. The van der Waals surface area contributed by atoms with Gasteiger partial charge in [-0.2, -0.15) is 0 Å². The van der Waals surface area contributed by atoms with Crippen molar-refractivity contribution in [2.45, 2.75) is 32.9 Å². The van der Waals surface area contributed by atoms with Crippen molar-refractivity contribution in [3.8, 4) is 0 Å². The molecule has 0 aliphatic rings. The molecule has 0 fully saturated rings. The van der Waals surface area contributed by atoms with Gasteiger partial charge < -0.3 is 10.6 Å². The molecular weight excluding hydrogens is 222 g/mol. The van der Waals surface area contributed by atoms with Crippen molar-refractivity contribution in [2.24, 2.45) is 0 Å². The molecule has 17 heavy (non-hydrogen) atoms. The topological polar surface area (TPSA) is 88.9 Å².